The fourth-order valence-corrected chi connectivity index (χ4v) is 3.27. The predicted octanol–water partition coefficient (Wildman–Crippen LogP) is -0.419. The Bertz CT molecular complexity index is 318. The van der Waals surface area contributed by atoms with Gasteiger partial charge in [0.2, 0.25) is 10.0 Å². The van der Waals surface area contributed by atoms with Crippen LogP contribution >= 0.6 is 0 Å². The van der Waals surface area contributed by atoms with Crippen LogP contribution in [-0.2, 0) is 10.0 Å². The Labute approximate surface area is 98.1 Å². The van der Waals surface area contributed by atoms with Crippen molar-refractivity contribution in [2.45, 2.75) is 18.6 Å². The fraction of sp³-hybridized carbons (Fsp3) is 1.00. The summed E-state index contributed by atoms with van der Waals surface area (Å²) in [6.45, 7) is 3.75. The van der Waals surface area contributed by atoms with Crippen molar-refractivity contribution in [2.75, 3.05) is 40.3 Å². The van der Waals surface area contributed by atoms with Crippen LogP contribution in [0.1, 0.15) is 13.3 Å². The van der Waals surface area contributed by atoms with Gasteiger partial charge in [0.1, 0.15) is 0 Å². The molecule has 96 valence electrons. The summed E-state index contributed by atoms with van der Waals surface area (Å²) in [5.41, 5.74) is 0. The lowest BCUT2D eigenvalue weighted by atomic mass is 10.1. The summed E-state index contributed by atoms with van der Waals surface area (Å²) in [6, 6.07) is 0. The average molecular weight is 250 g/mol. The second kappa shape index (κ2) is 5.44. The number of sulfonamides is 1. The van der Waals surface area contributed by atoms with Gasteiger partial charge in [0.05, 0.1) is 11.9 Å². The molecule has 2 atom stereocenters. The monoisotopic (exact) mass is 250 g/mol. The van der Waals surface area contributed by atoms with Crippen molar-refractivity contribution in [1.29, 1.82) is 0 Å². The summed E-state index contributed by atoms with van der Waals surface area (Å²) in [4.78, 5) is 2.21. The molecule has 16 heavy (non-hydrogen) atoms. The summed E-state index contributed by atoms with van der Waals surface area (Å²) in [5, 5.41) is 8.20. The van der Waals surface area contributed by atoms with Gasteiger partial charge in [-0.05, 0) is 32.9 Å². The third kappa shape index (κ3) is 3.16. The smallest absolute Gasteiger partial charge is 0.218 e. The van der Waals surface area contributed by atoms with Gasteiger partial charge in [-0.1, -0.05) is 0 Å². The molecule has 0 bridgehead atoms. The first kappa shape index (κ1) is 13.9. The summed E-state index contributed by atoms with van der Waals surface area (Å²) >= 11 is 0. The molecule has 0 spiro atoms. The van der Waals surface area contributed by atoms with Gasteiger partial charge in [0.25, 0.3) is 0 Å². The van der Waals surface area contributed by atoms with Crippen LogP contribution in [-0.4, -0.2) is 68.3 Å². The van der Waals surface area contributed by atoms with E-state index in [2.05, 4.69) is 4.90 Å². The Hall–Kier alpha value is -0.170. The number of likely N-dealkylation sites (tertiary alicyclic amines) is 1. The van der Waals surface area contributed by atoms with Crippen LogP contribution in [0.5, 0.6) is 0 Å². The van der Waals surface area contributed by atoms with E-state index >= 15 is 0 Å². The first-order valence-corrected chi connectivity index (χ1v) is 7.12. The molecule has 1 aliphatic rings. The molecule has 1 saturated heterocycles. The standard InChI is InChI=1S/C10H22N2O3S/c1-9(8-13)16(14,15)12(3)7-10-4-5-11(2)6-10/h9-10,13H,4-8H2,1-3H3. The zero-order chi connectivity index (χ0) is 12.3. The van der Waals surface area contributed by atoms with Crippen LogP contribution in [0.15, 0.2) is 0 Å². The van der Waals surface area contributed by atoms with Crippen LogP contribution in [0.3, 0.4) is 0 Å². The lowest BCUT2D eigenvalue weighted by molar-refractivity contribution is 0.288. The molecule has 0 aromatic heterocycles. The van der Waals surface area contributed by atoms with E-state index in [-0.39, 0.29) is 6.61 Å². The van der Waals surface area contributed by atoms with Crippen molar-refractivity contribution >= 4 is 10.0 Å². The largest absolute Gasteiger partial charge is 0.395 e. The minimum Gasteiger partial charge on any atom is -0.395 e. The fourth-order valence-electron chi connectivity index (χ4n) is 2.04. The van der Waals surface area contributed by atoms with Gasteiger partial charge in [-0.3, -0.25) is 0 Å². The van der Waals surface area contributed by atoms with Gasteiger partial charge in [-0.25, -0.2) is 12.7 Å². The molecule has 0 amide bonds. The van der Waals surface area contributed by atoms with Gasteiger partial charge in [-0.2, -0.15) is 0 Å². The highest BCUT2D eigenvalue weighted by molar-refractivity contribution is 7.89. The summed E-state index contributed by atoms with van der Waals surface area (Å²) < 4.78 is 25.2. The van der Waals surface area contributed by atoms with E-state index in [9.17, 15) is 8.42 Å². The lowest BCUT2D eigenvalue weighted by Crippen LogP contribution is -2.39. The van der Waals surface area contributed by atoms with E-state index in [1.807, 2.05) is 7.05 Å². The van der Waals surface area contributed by atoms with E-state index in [0.29, 0.717) is 12.5 Å². The highest BCUT2D eigenvalue weighted by atomic mass is 32.2. The van der Waals surface area contributed by atoms with E-state index in [1.165, 1.54) is 11.2 Å². The minimum absolute atomic E-state index is 0.322. The molecule has 1 fully saturated rings. The molecule has 1 rings (SSSR count). The van der Waals surface area contributed by atoms with Crippen LogP contribution in [0, 0.1) is 5.92 Å². The lowest BCUT2D eigenvalue weighted by Gasteiger charge is -2.23. The van der Waals surface area contributed by atoms with Gasteiger partial charge >= 0.3 is 0 Å². The average Bonchev–Trinajstić information content (AvgIpc) is 2.62. The Morgan fingerprint density at radius 2 is 2.19 bits per heavy atom. The maximum absolute atomic E-state index is 11.9. The molecule has 1 aliphatic heterocycles. The van der Waals surface area contributed by atoms with Crippen LogP contribution in [0.2, 0.25) is 0 Å². The maximum atomic E-state index is 11.9. The van der Waals surface area contributed by atoms with Gasteiger partial charge < -0.3 is 10.0 Å². The van der Waals surface area contributed by atoms with Crippen LogP contribution < -0.4 is 0 Å². The molecular formula is C10H22N2O3S. The van der Waals surface area contributed by atoms with Crippen molar-refractivity contribution in [2.24, 2.45) is 5.92 Å². The van der Waals surface area contributed by atoms with E-state index in [4.69, 9.17) is 5.11 Å². The van der Waals surface area contributed by atoms with Crippen molar-refractivity contribution in [3.8, 4) is 0 Å². The summed E-state index contributed by atoms with van der Waals surface area (Å²) in [5.74, 6) is 0.413. The zero-order valence-electron chi connectivity index (χ0n) is 10.3. The molecular weight excluding hydrogens is 228 g/mol. The molecule has 5 nitrogen and oxygen atoms in total. The number of hydrogen-bond acceptors (Lipinski definition) is 4. The second-order valence-corrected chi connectivity index (χ2v) is 7.19. The Morgan fingerprint density at radius 1 is 1.56 bits per heavy atom. The van der Waals surface area contributed by atoms with Gasteiger partial charge in [0.15, 0.2) is 0 Å². The predicted molar refractivity (Wildman–Crippen MR) is 63.7 cm³/mol. The van der Waals surface area contributed by atoms with E-state index in [1.54, 1.807) is 7.05 Å². The molecule has 2 unspecified atom stereocenters. The molecule has 6 heteroatoms. The molecule has 0 radical (unpaired) electrons. The minimum atomic E-state index is -3.33. The van der Waals surface area contributed by atoms with Crippen molar-refractivity contribution in [1.82, 2.24) is 9.21 Å². The Morgan fingerprint density at radius 3 is 2.62 bits per heavy atom. The van der Waals surface area contributed by atoms with Crippen LogP contribution in [0.25, 0.3) is 0 Å². The Kier molecular flexibility index (Phi) is 4.73. The number of rotatable bonds is 5. The topological polar surface area (TPSA) is 60.9 Å². The van der Waals surface area contributed by atoms with Gasteiger partial charge in [-0.15, -0.1) is 0 Å². The number of hydrogen-bond donors (Lipinski definition) is 1. The SMILES string of the molecule is CC(CO)S(=O)(=O)N(C)CC1CCN(C)C1. The molecule has 1 heterocycles. The normalized spacial score (nSPS) is 25.2. The highest BCUT2D eigenvalue weighted by Crippen LogP contribution is 2.17. The van der Waals surface area contributed by atoms with Crippen molar-refractivity contribution in [3.05, 3.63) is 0 Å². The number of aliphatic hydroxyl groups is 1. The Balaban J connectivity index is 2.55. The van der Waals surface area contributed by atoms with Crippen LogP contribution in [0.4, 0.5) is 0 Å². The summed E-state index contributed by atoms with van der Waals surface area (Å²) in [7, 11) is 0.314. The van der Waals surface area contributed by atoms with E-state index < -0.39 is 15.3 Å². The third-order valence-corrected chi connectivity index (χ3v) is 5.39. The first-order valence-electron chi connectivity index (χ1n) is 5.62. The molecule has 0 saturated carbocycles. The first-order chi connectivity index (χ1) is 7.37. The van der Waals surface area contributed by atoms with E-state index in [0.717, 1.165) is 19.5 Å². The molecule has 0 aliphatic carbocycles. The van der Waals surface area contributed by atoms with Crippen molar-refractivity contribution < 1.29 is 13.5 Å². The van der Waals surface area contributed by atoms with Gasteiger partial charge in [0, 0.05) is 20.1 Å². The number of aliphatic hydroxyl groups excluding tert-OH is 1. The molecule has 0 aromatic carbocycles. The quantitative estimate of drug-likeness (QED) is 0.720. The molecule has 1 N–H and O–H groups in total. The third-order valence-electron chi connectivity index (χ3n) is 3.20. The second-order valence-electron chi connectivity index (χ2n) is 4.74. The zero-order valence-corrected chi connectivity index (χ0v) is 11.1. The van der Waals surface area contributed by atoms with Crippen molar-refractivity contribution in [3.63, 3.8) is 0 Å². The summed E-state index contributed by atoms with van der Waals surface area (Å²) in [6.07, 6.45) is 1.05. The highest BCUT2D eigenvalue weighted by Gasteiger charge is 2.29. The maximum Gasteiger partial charge on any atom is 0.218 e. The number of nitrogens with zero attached hydrogens (tertiary/aromatic N) is 2. The molecule has 0 aromatic rings.